The molecule has 0 unspecified atom stereocenters. The van der Waals surface area contributed by atoms with E-state index < -0.39 is 0 Å². The fourth-order valence-electron chi connectivity index (χ4n) is 1.27. The van der Waals surface area contributed by atoms with E-state index in [0.717, 1.165) is 11.1 Å². The maximum absolute atomic E-state index is 7.60. The van der Waals surface area contributed by atoms with E-state index in [4.69, 9.17) is 10.8 Å². The molecular weight excluding hydrogens is 174 g/mol. The van der Waals surface area contributed by atoms with Gasteiger partial charge in [0.15, 0.2) is 0 Å². The average Bonchev–Trinajstić information content (AvgIpc) is 2.27. The summed E-state index contributed by atoms with van der Waals surface area (Å²) in [6, 6.07) is 7.65. The van der Waals surface area contributed by atoms with Gasteiger partial charge in [0.2, 0.25) is 0 Å². The van der Waals surface area contributed by atoms with Crippen LogP contribution in [0.1, 0.15) is 11.1 Å². The SMILES string of the molecule is CN.N=C1C=Cc2ccccc2C1=N. The maximum atomic E-state index is 7.60. The van der Waals surface area contributed by atoms with E-state index in [-0.39, 0.29) is 5.71 Å². The van der Waals surface area contributed by atoms with Crippen LogP contribution in [0.5, 0.6) is 0 Å². The van der Waals surface area contributed by atoms with E-state index in [0.29, 0.717) is 5.71 Å². The smallest absolute Gasteiger partial charge is 0.0867 e. The molecule has 1 aromatic rings. The first-order chi connectivity index (χ1) is 6.79. The maximum Gasteiger partial charge on any atom is 0.0867 e. The molecule has 1 aliphatic rings. The second-order valence-electron chi connectivity index (χ2n) is 2.71. The molecule has 14 heavy (non-hydrogen) atoms. The van der Waals surface area contributed by atoms with Crippen molar-refractivity contribution >= 4 is 17.5 Å². The highest BCUT2D eigenvalue weighted by atomic mass is 14.5. The summed E-state index contributed by atoms with van der Waals surface area (Å²) in [6.07, 6.45) is 3.53. The van der Waals surface area contributed by atoms with Gasteiger partial charge in [-0.1, -0.05) is 30.3 Å². The molecule has 0 atom stereocenters. The lowest BCUT2D eigenvalue weighted by molar-refractivity contribution is 1.45. The first-order valence-corrected chi connectivity index (χ1v) is 4.32. The zero-order chi connectivity index (χ0) is 10.6. The molecule has 2 rings (SSSR count). The normalized spacial score (nSPS) is 13.0. The quantitative estimate of drug-likeness (QED) is 0.568. The fraction of sp³-hybridized carbons (Fsp3) is 0.0909. The van der Waals surface area contributed by atoms with Crippen molar-refractivity contribution in [3.05, 3.63) is 41.5 Å². The molecule has 3 heteroatoms. The number of rotatable bonds is 0. The van der Waals surface area contributed by atoms with E-state index in [2.05, 4.69) is 5.73 Å². The summed E-state index contributed by atoms with van der Waals surface area (Å²) in [4.78, 5) is 0. The Morgan fingerprint density at radius 2 is 1.64 bits per heavy atom. The highest BCUT2D eigenvalue weighted by Crippen LogP contribution is 2.16. The number of hydrogen-bond donors (Lipinski definition) is 3. The number of allylic oxidation sites excluding steroid dienone is 1. The minimum atomic E-state index is 0.286. The molecule has 0 aliphatic heterocycles. The lowest BCUT2D eigenvalue weighted by Gasteiger charge is -2.10. The van der Waals surface area contributed by atoms with Crippen LogP contribution in [0.4, 0.5) is 0 Å². The Hall–Kier alpha value is -1.74. The van der Waals surface area contributed by atoms with Crippen molar-refractivity contribution in [2.24, 2.45) is 5.73 Å². The second kappa shape index (κ2) is 4.48. The number of benzene rings is 1. The molecule has 4 N–H and O–H groups in total. The van der Waals surface area contributed by atoms with Crippen LogP contribution < -0.4 is 5.73 Å². The van der Waals surface area contributed by atoms with Crippen molar-refractivity contribution in [2.45, 2.75) is 0 Å². The Bertz CT molecular complexity index is 391. The van der Waals surface area contributed by atoms with Crippen molar-refractivity contribution in [2.75, 3.05) is 7.05 Å². The standard InChI is InChI=1S/C10H8N2.CH5N/c11-9-6-5-7-3-1-2-4-8(7)10(9)12;1-2/h1-6,11-12H;2H2,1H3. The molecule has 0 saturated heterocycles. The minimum Gasteiger partial charge on any atom is -0.333 e. The van der Waals surface area contributed by atoms with Gasteiger partial charge >= 0.3 is 0 Å². The van der Waals surface area contributed by atoms with Crippen LogP contribution in [0.25, 0.3) is 6.08 Å². The molecule has 0 fully saturated rings. The molecular formula is C11H13N3. The first kappa shape index (κ1) is 10.3. The van der Waals surface area contributed by atoms with Crippen molar-refractivity contribution in [3.63, 3.8) is 0 Å². The first-order valence-electron chi connectivity index (χ1n) is 4.32. The van der Waals surface area contributed by atoms with Crippen LogP contribution in [-0.2, 0) is 0 Å². The van der Waals surface area contributed by atoms with Gasteiger partial charge in [-0.25, -0.2) is 0 Å². The topological polar surface area (TPSA) is 73.7 Å². The molecule has 0 amide bonds. The Morgan fingerprint density at radius 3 is 2.36 bits per heavy atom. The van der Waals surface area contributed by atoms with Gasteiger partial charge in [0, 0.05) is 5.56 Å². The van der Waals surface area contributed by atoms with Gasteiger partial charge in [0.25, 0.3) is 0 Å². The fourth-order valence-corrected chi connectivity index (χ4v) is 1.27. The summed E-state index contributed by atoms with van der Waals surface area (Å²) in [5, 5.41) is 15.0. The third-order valence-electron chi connectivity index (χ3n) is 1.93. The predicted molar refractivity (Wildman–Crippen MR) is 60.1 cm³/mol. The predicted octanol–water partition coefficient (Wildman–Crippen LogP) is 1.68. The Kier molecular flexibility index (Phi) is 3.31. The molecule has 0 saturated carbocycles. The van der Waals surface area contributed by atoms with Crippen molar-refractivity contribution < 1.29 is 0 Å². The summed E-state index contributed by atoms with van der Waals surface area (Å²) in [5.74, 6) is 0. The zero-order valence-corrected chi connectivity index (χ0v) is 8.04. The van der Waals surface area contributed by atoms with E-state index in [1.807, 2.05) is 30.3 Å². The highest BCUT2D eigenvalue weighted by molar-refractivity contribution is 6.52. The van der Waals surface area contributed by atoms with E-state index in [9.17, 15) is 0 Å². The number of hydrogen-bond acceptors (Lipinski definition) is 3. The molecule has 3 nitrogen and oxygen atoms in total. The van der Waals surface area contributed by atoms with Gasteiger partial charge in [0.1, 0.15) is 0 Å². The van der Waals surface area contributed by atoms with Crippen molar-refractivity contribution in [1.82, 2.24) is 0 Å². The summed E-state index contributed by atoms with van der Waals surface area (Å²) in [6.45, 7) is 0. The second-order valence-corrected chi connectivity index (χ2v) is 2.71. The van der Waals surface area contributed by atoms with Gasteiger partial charge in [0.05, 0.1) is 11.4 Å². The van der Waals surface area contributed by atoms with Crippen LogP contribution in [0, 0.1) is 10.8 Å². The van der Waals surface area contributed by atoms with Crippen LogP contribution in [0.15, 0.2) is 30.3 Å². The van der Waals surface area contributed by atoms with Crippen molar-refractivity contribution in [1.29, 1.82) is 10.8 Å². The van der Waals surface area contributed by atoms with Crippen LogP contribution >= 0.6 is 0 Å². The summed E-state index contributed by atoms with van der Waals surface area (Å²) in [7, 11) is 1.50. The third-order valence-corrected chi connectivity index (χ3v) is 1.93. The zero-order valence-electron chi connectivity index (χ0n) is 8.04. The lowest BCUT2D eigenvalue weighted by atomic mass is 9.94. The van der Waals surface area contributed by atoms with E-state index in [1.54, 1.807) is 6.08 Å². The Labute approximate surface area is 83.3 Å². The number of nitrogens with one attached hydrogen (secondary N) is 2. The highest BCUT2D eigenvalue weighted by Gasteiger charge is 2.12. The average molecular weight is 187 g/mol. The van der Waals surface area contributed by atoms with Crippen LogP contribution in [0.3, 0.4) is 0 Å². The van der Waals surface area contributed by atoms with Gasteiger partial charge < -0.3 is 5.73 Å². The molecule has 0 radical (unpaired) electrons. The Balaban J connectivity index is 0.000000461. The van der Waals surface area contributed by atoms with Gasteiger partial charge in [-0.15, -0.1) is 0 Å². The third kappa shape index (κ3) is 1.78. The molecule has 72 valence electrons. The van der Waals surface area contributed by atoms with Crippen LogP contribution in [0.2, 0.25) is 0 Å². The molecule has 1 aromatic carbocycles. The summed E-state index contributed by atoms with van der Waals surface area (Å²) in [5.41, 5.74) is 6.98. The Morgan fingerprint density at radius 1 is 1.00 bits per heavy atom. The van der Waals surface area contributed by atoms with Crippen molar-refractivity contribution in [3.8, 4) is 0 Å². The van der Waals surface area contributed by atoms with E-state index >= 15 is 0 Å². The molecule has 0 bridgehead atoms. The van der Waals surface area contributed by atoms with Gasteiger partial charge in [-0.3, -0.25) is 10.8 Å². The van der Waals surface area contributed by atoms with Gasteiger partial charge in [-0.05, 0) is 18.7 Å². The molecule has 0 spiro atoms. The number of fused-ring (bicyclic) bond motifs is 1. The largest absolute Gasteiger partial charge is 0.333 e. The molecule has 0 aromatic heterocycles. The minimum absolute atomic E-state index is 0.286. The van der Waals surface area contributed by atoms with E-state index in [1.165, 1.54) is 7.05 Å². The monoisotopic (exact) mass is 187 g/mol. The number of nitrogens with two attached hydrogens (primary N) is 1. The van der Waals surface area contributed by atoms with Gasteiger partial charge in [-0.2, -0.15) is 0 Å². The summed E-state index contributed by atoms with van der Waals surface area (Å²) < 4.78 is 0. The van der Waals surface area contributed by atoms with Crippen LogP contribution in [-0.4, -0.2) is 18.5 Å². The molecule has 1 aliphatic carbocycles. The summed E-state index contributed by atoms with van der Waals surface area (Å²) >= 11 is 0. The lowest BCUT2D eigenvalue weighted by Crippen LogP contribution is -2.15. The molecule has 0 heterocycles.